The Kier molecular flexibility index (Phi) is 7.04. The Labute approximate surface area is 230 Å². The van der Waals surface area contributed by atoms with Crippen molar-refractivity contribution >= 4 is 47.8 Å². The molecule has 0 aromatic rings. The summed E-state index contributed by atoms with van der Waals surface area (Å²) in [7, 11) is 0. The minimum atomic E-state index is -1.97. The highest BCUT2D eigenvalue weighted by atomic mass is 16.6. The van der Waals surface area contributed by atoms with Crippen LogP contribution in [0.1, 0.15) is 13.8 Å². The highest BCUT2D eigenvalue weighted by Gasteiger charge is 2.69. The molecule has 0 spiro atoms. The Morgan fingerprint density at radius 2 is 0.976 bits per heavy atom. The smallest absolute Gasteiger partial charge is 0.318 e. The van der Waals surface area contributed by atoms with Crippen LogP contribution in [0.3, 0.4) is 0 Å². The van der Waals surface area contributed by atoms with Gasteiger partial charge in [0, 0.05) is 23.2 Å². The maximum Gasteiger partial charge on any atom is 0.318 e. The number of rotatable bonds is 8. The topological polar surface area (TPSA) is 267 Å². The van der Waals surface area contributed by atoms with Crippen molar-refractivity contribution in [3.05, 3.63) is 23.8 Å². The summed E-state index contributed by atoms with van der Waals surface area (Å²) in [5.74, 6) is -31.7. The SMILES string of the molecule is CC1=CC2(C)C(C(=O)O)C(C(=O)O)C1C(C(=O)O)C2C(=O)OC(=O)C1C2C=CC(C(C(=O)O)C2C(=O)O)C1C(=O)O. The van der Waals surface area contributed by atoms with Gasteiger partial charge in [0.1, 0.15) is 0 Å². The van der Waals surface area contributed by atoms with Crippen LogP contribution in [0, 0.1) is 70.5 Å². The van der Waals surface area contributed by atoms with E-state index in [0.717, 1.165) is 6.92 Å². The normalized spacial score (nSPS) is 40.2. The van der Waals surface area contributed by atoms with Crippen molar-refractivity contribution in [2.24, 2.45) is 70.5 Å². The van der Waals surface area contributed by atoms with Gasteiger partial charge >= 0.3 is 47.8 Å². The molecule has 0 aromatic carbocycles. The molecule has 6 N–H and O–H groups in total. The van der Waals surface area contributed by atoms with Crippen LogP contribution in [0.15, 0.2) is 23.8 Å². The van der Waals surface area contributed by atoms with Crippen LogP contribution in [-0.4, -0.2) is 78.4 Å². The van der Waals surface area contributed by atoms with Gasteiger partial charge in [-0.05, 0) is 6.92 Å². The summed E-state index contributed by atoms with van der Waals surface area (Å²) in [5, 5.41) is 59.0. The molecule has 220 valence electrons. The molecule has 6 rings (SSSR count). The van der Waals surface area contributed by atoms with Gasteiger partial charge in [0.05, 0.1) is 47.3 Å². The molecule has 2 fully saturated rings. The molecule has 12 unspecified atom stereocenters. The minimum absolute atomic E-state index is 0.213. The molecule has 6 aliphatic carbocycles. The average molecular weight is 578 g/mol. The van der Waals surface area contributed by atoms with E-state index in [9.17, 15) is 69.0 Å². The lowest BCUT2D eigenvalue weighted by Crippen LogP contribution is -2.64. The summed E-state index contributed by atoms with van der Waals surface area (Å²) >= 11 is 0. The Morgan fingerprint density at radius 1 is 0.585 bits per heavy atom. The Hall–Kier alpha value is -4.56. The fourth-order valence-electron chi connectivity index (χ4n) is 7.98. The number of carbonyl (C=O) groups excluding carboxylic acids is 2. The van der Waals surface area contributed by atoms with E-state index < -0.39 is 118 Å². The number of esters is 2. The number of fused-ring (bicyclic) bond motifs is 4. The van der Waals surface area contributed by atoms with E-state index in [-0.39, 0.29) is 5.57 Å². The summed E-state index contributed by atoms with van der Waals surface area (Å²) in [6, 6.07) is 0. The van der Waals surface area contributed by atoms with Gasteiger partial charge in [-0.3, -0.25) is 38.4 Å². The van der Waals surface area contributed by atoms with Crippen molar-refractivity contribution in [2.45, 2.75) is 13.8 Å². The zero-order valence-corrected chi connectivity index (χ0v) is 21.4. The van der Waals surface area contributed by atoms with Gasteiger partial charge in [-0.2, -0.15) is 0 Å². The number of carboxylic acids is 6. The number of hydrogen-bond donors (Lipinski definition) is 6. The third-order valence-electron chi connectivity index (χ3n) is 9.30. The standard InChI is InChI=1S/C26H26O15/c1-6-5-26(2)16(23(37)38)14(21(33)34)9(6)15(22(35)36)17(26)25(40)41-24(39)13-8-4-3-7(12(13)20(31)32)10(18(27)28)11(8)19(29)30/h3-5,7-17H,1-2H3,(H,27,28)(H,29,30)(H,31,32)(H,33,34)(H,35,36)(H,37,38). The number of allylic oxidation sites excluding steroid dienone is 4. The van der Waals surface area contributed by atoms with Crippen LogP contribution >= 0.6 is 0 Å². The highest BCUT2D eigenvalue weighted by molar-refractivity contribution is 5.96. The first-order valence-corrected chi connectivity index (χ1v) is 12.5. The molecular weight excluding hydrogens is 552 g/mol. The van der Waals surface area contributed by atoms with Gasteiger partial charge in [-0.25, -0.2) is 0 Å². The molecule has 41 heavy (non-hydrogen) atoms. The second kappa shape index (κ2) is 9.82. The van der Waals surface area contributed by atoms with Crippen LogP contribution in [-0.2, 0) is 43.1 Å². The lowest BCUT2D eigenvalue weighted by atomic mass is 9.44. The van der Waals surface area contributed by atoms with E-state index in [1.807, 2.05) is 0 Å². The molecule has 0 heterocycles. The van der Waals surface area contributed by atoms with Crippen LogP contribution < -0.4 is 0 Å². The predicted octanol–water partition coefficient (Wildman–Crippen LogP) is -0.0948. The number of carboxylic acid groups (broad SMARTS) is 6. The van der Waals surface area contributed by atoms with E-state index in [4.69, 9.17) is 4.74 Å². The molecule has 0 amide bonds. The molecule has 15 nitrogen and oxygen atoms in total. The van der Waals surface area contributed by atoms with Gasteiger partial charge in [-0.1, -0.05) is 30.7 Å². The maximum atomic E-state index is 13.5. The van der Waals surface area contributed by atoms with E-state index in [2.05, 4.69) is 0 Å². The van der Waals surface area contributed by atoms with Crippen molar-refractivity contribution in [1.82, 2.24) is 0 Å². The second-order valence-corrected chi connectivity index (χ2v) is 11.2. The molecule has 15 heteroatoms. The van der Waals surface area contributed by atoms with E-state index >= 15 is 0 Å². The van der Waals surface area contributed by atoms with Gasteiger partial charge in [-0.15, -0.1) is 0 Å². The third-order valence-corrected chi connectivity index (χ3v) is 9.30. The number of carbonyl (C=O) groups is 8. The number of ether oxygens (including phenoxy) is 1. The number of aliphatic carboxylic acids is 6. The first-order chi connectivity index (χ1) is 19.0. The Morgan fingerprint density at radius 3 is 1.39 bits per heavy atom. The Balaban J connectivity index is 1.75. The highest BCUT2D eigenvalue weighted by Crippen LogP contribution is 2.61. The molecule has 2 saturated carbocycles. The summed E-state index contributed by atoms with van der Waals surface area (Å²) in [6.07, 6.45) is 3.63. The van der Waals surface area contributed by atoms with Gasteiger partial charge in [0.25, 0.3) is 0 Å². The van der Waals surface area contributed by atoms with Crippen LogP contribution in [0.2, 0.25) is 0 Å². The third kappa shape index (κ3) is 4.17. The van der Waals surface area contributed by atoms with Crippen LogP contribution in [0.4, 0.5) is 0 Å². The van der Waals surface area contributed by atoms with Gasteiger partial charge in [0.2, 0.25) is 0 Å². The summed E-state index contributed by atoms with van der Waals surface area (Å²) in [4.78, 5) is 99.7. The van der Waals surface area contributed by atoms with Crippen LogP contribution in [0.5, 0.6) is 0 Å². The first-order valence-electron chi connectivity index (χ1n) is 12.5. The largest absolute Gasteiger partial charge is 0.481 e. The Bertz CT molecular complexity index is 1340. The predicted molar refractivity (Wildman–Crippen MR) is 126 cm³/mol. The lowest BCUT2D eigenvalue weighted by molar-refractivity contribution is -0.196. The molecule has 0 saturated heterocycles. The van der Waals surface area contributed by atoms with E-state index in [1.54, 1.807) is 0 Å². The maximum absolute atomic E-state index is 13.5. The molecule has 0 aliphatic heterocycles. The van der Waals surface area contributed by atoms with Crippen molar-refractivity contribution in [3.8, 4) is 0 Å². The van der Waals surface area contributed by atoms with Gasteiger partial charge < -0.3 is 35.4 Å². The minimum Gasteiger partial charge on any atom is -0.481 e. The summed E-state index contributed by atoms with van der Waals surface area (Å²) < 4.78 is 5.00. The van der Waals surface area contributed by atoms with E-state index in [0.29, 0.717) is 0 Å². The lowest BCUT2D eigenvalue weighted by Gasteiger charge is -2.56. The molecule has 4 bridgehead atoms. The van der Waals surface area contributed by atoms with E-state index in [1.165, 1.54) is 25.2 Å². The first kappa shape index (κ1) is 29.4. The van der Waals surface area contributed by atoms with Crippen molar-refractivity contribution in [2.75, 3.05) is 0 Å². The van der Waals surface area contributed by atoms with Crippen LogP contribution in [0.25, 0.3) is 0 Å². The number of hydrogen-bond acceptors (Lipinski definition) is 9. The monoisotopic (exact) mass is 578 g/mol. The fraction of sp³-hybridized carbons (Fsp3) is 0.538. The zero-order valence-electron chi connectivity index (χ0n) is 21.4. The van der Waals surface area contributed by atoms with Gasteiger partial charge in [0.15, 0.2) is 0 Å². The average Bonchev–Trinajstić information content (AvgIpc) is 2.85. The second-order valence-electron chi connectivity index (χ2n) is 11.2. The van der Waals surface area contributed by atoms with Crippen molar-refractivity contribution in [3.63, 3.8) is 0 Å². The molecule has 6 aliphatic rings. The molecular formula is C26H26O15. The molecule has 12 atom stereocenters. The summed E-state index contributed by atoms with van der Waals surface area (Å²) in [6.45, 7) is 2.56. The quantitative estimate of drug-likeness (QED) is 0.125. The molecule has 0 aromatic heterocycles. The summed E-state index contributed by atoms with van der Waals surface area (Å²) in [5.41, 5.74) is -1.76. The zero-order chi connectivity index (χ0) is 30.9. The van der Waals surface area contributed by atoms with Crippen molar-refractivity contribution in [1.29, 1.82) is 0 Å². The molecule has 0 radical (unpaired) electrons. The fourth-order valence-corrected chi connectivity index (χ4v) is 7.98. The van der Waals surface area contributed by atoms with Crippen molar-refractivity contribution < 1.29 is 73.7 Å².